The van der Waals surface area contributed by atoms with Crippen molar-refractivity contribution < 1.29 is 13.2 Å². The van der Waals surface area contributed by atoms with Gasteiger partial charge in [0.25, 0.3) is 0 Å². The third-order valence-electron chi connectivity index (χ3n) is 3.89. The van der Waals surface area contributed by atoms with Gasteiger partial charge in [0, 0.05) is 25.0 Å². The quantitative estimate of drug-likeness (QED) is 0.909. The first-order valence-electron chi connectivity index (χ1n) is 6.68. The molecule has 19 heavy (non-hydrogen) atoms. The minimum Gasteiger partial charge on any atom is -0.309 e. The Morgan fingerprint density at radius 2 is 2.05 bits per heavy atom. The number of nitrogens with zero attached hydrogens (tertiary/aromatic N) is 1. The maximum absolute atomic E-state index is 12.9. The highest BCUT2D eigenvalue weighted by molar-refractivity contribution is 5.21. The Labute approximate surface area is 111 Å². The molecule has 1 fully saturated rings. The summed E-state index contributed by atoms with van der Waals surface area (Å²) in [5.74, 6) is -1.21. The molecule has 0 amide bonds. The van der Waals surface area contributed by atoms with Crippen molar-refractivity contribution >= 4 is 0 Å². The van der Waals surface area contributed by atoms with Crippen molar-refractivity contribution in [2.75, 3.05) is 0 Å². The third-order valence-corrected chi connectivity index (χ3v) is 3.89. The molecule has 1 aromatic rings. The minimum absolute atomic E-state index is 0.243. The fraction of sp³-hybridized carbons (Fsp3) is 0.643. The average molecular weight is 272 g/mol. The summed E-state index contributed by atoms with van der Waals surface area (Å²) in [4.78, 5) is 4.01. The van der Waals surface area contributed by atoms with Crippen LogP contribution in [0.25, 0.3) is 0 Å². The van der Waals surface area contributed by atoms with E-state index in [1.165, 1.54) is 0 Å². The van der Waals surface area contributed by atoms with Crippen LogP contribution in [0.5, 0.6) is 0 Å². The Bertz CT molecular complexity index is 417. The Kier molecular flexibility index (Phi) is 4.45. The number of pyridine rings is 1. The van der Waals surface area contributed by atoms with Crippen LogP contribution in [0.15, 0.2) is 18.5 Å². The Morgan fingerprint density at radius 1 is 1.32 bits per heavy atom. The molecule has 0 aliphatic heterocycles. The molecule has 0 saturated heterocycles. The van der Waals surface area contributed by atoms with Gasteiger partial charge in [0.15, 0.2) is 0 Å². The van der Waals surface area contributed by atoms with Gasteiger partial charge >= 0.3 is 6.18 Å². The molecule has 0 bridgehead atoms. The first kappa shape index (κ1) is 14.3. The van der Waals surface area contributed by atoms with Gasteiger partial charge in [-0.1, -0.05) is 12.8 Å². The van der Waals surface area contributed by atoms with Gasteiger partial charge in [-0.3, -0.25) is 4.98 Å². The van der Waals surface area contributed by atoms with Crippen molar-refractivity contribution in [2.24, 2.45) is 5.92 Å². The summed E-state index contributed by atoms with van der Waals surface area (Å²) in [5, 5.41) is 3.08. The lowest BCUT2D eigenvalue weighted by Gasteiger charge is -2.33. The molecule has 2 atom stereocenters. The average Bonchev–Trinajstić information content (AvgIpc) is 2.37. The minimum atomic E-state index is -4.10. The molecule has 2 rings (SSSR count). The van der Waals surface area contributed by atoms with Crippen molar-refractivity contribution in [1.29, 1.82) is 0 Å². The number of hydrogen-bond acceptors (Lipinski definition) is 2. The molecule has 2 nitrogen and oxygen atoms in total. The van der Waals surface area contributed by atoms with E-state index in [0.717, 1.165) is 17.5 Å². The maximum atomic E-state index is 12.9. The summed E-state index contributed by atoms with van der Waals surface area (Å²) in [6.45, 7) is 2.40. The molecule has 2 unspecified atom stereocenters. The van der Waals surface area contributed by atoms with Gasteiger partial charge in [-0.25, -0.2) is 0 Å². The zero-order valence-corrected chi connectivity index (χ0v) is 11.0. The molecule has 1 heterocycles. The zero-order chi connectivity index (χ0) is 13.9. The van der Waals surface area contributed by atoms with Crippen LogP contribution in [0.4, 0.5) is 13.2 Å². The van der Waals surface area contributed by atoms with E-state index < -0.39 is 18.1 Å². The normalized spacial score (nSPS) is 24.4. The van der Waals surface area contributed by atoms with Crippen LogP contribution in [0.3, 0.4) is 0 Å². The lowest BCUT2D eigenvalue weighted by molar-refractivity contribution is -0.189. The highest BCUT2D eigenvalue weighted by atomic mass is 19.4. The van der Waals surface area contributed by atoms with Gasteiger partial charge in [-0.2, -0.15) is 13.2 Å². The van der Waals surface area contributed by atoms with Gasteiger partial charge in [0.05, 0.1) is 5.92 Å². The van der Waals surface area contributed by atoms with E-state index in [1.807, 2.05) is 13.0 Å². The monoisotopic (exact) mass is 272 g/mol. The van der Waals surface area contributed by atoms with Gasteiger partial charge in [0.2, 0.25) is 0 Å². The van der Waals surface area contributed by atoms with E-state index >= 15 is 0 Å². The van der Waals surface area contributed by atoms with E-state index in [2.05, 4.69) is 10.3 Å². The number of hydrogen-bond donors (Lipinski definition) is 1. The van der Waals surface area contributed by atoms with Crippen LogP contribution >= 0.6 is 0 Å². The molecule has 0 spiro atoms. The molecule has 1 saturated carbocycles. The van der Waals surface area contributed by atoms with Crippen molar-refractivity contribution in [3.63, 3.8) is 0 Å². The molecule has 5 heteroatoms. The molecule has 1 aromatic heterocycles. The molecule has 0 aromatic carbocycles. The van der Waals surface area contributed by atoms with Crippen LogP contribution < -0.4 is 5.32 Å². The van der Waals surface area contributed by atoms with Gasteiger partial charge in [0.1, 0.15) is 0 Å². The second kappa shape index (κ2) is 5.90. The van der Waals surface area contributed by atoms with Crippen LogP contribution in [-0.2, 0) is 6.54 Å². The number of alkyl halides is 3. The van der Waals surface area contributed by atoms with Crippen molar-refractivity contribution in [3.8, 4) is 0 Å². The summed E-state index contributed by atoms with van der Waals surface area (Å²) in [5.41, 5.74) is 2.02. The zero-order valence-electron chi connectivity index (χ0n) is 11.0. The lowest BCUT2D eigenvalue weighted by atomic mass is 9.84. The van der Waals surface area contributed by atoms with Crippen molar-refractivity contribution in [2.45, 2.75) is 51.4 Å². The summed E-state index contributed by atoms with van der Waals surface area (Å²) in [6, 6.07) is 1.41. The van der Waals surface area contributed by atoms with E-state index in [9.17, 15) is 13.2 Å². The first-order valence-corrected chi connectivity index (χ1v) is 6.68. The van der Waals surface area contributed by atoms with Crippen molar-refractivity contribution in [1.82, 2.24) is 10.3 Å². The Balaban J connectivity index is 1.99. The van der Waals surface area contributed by atoms with Gasteiger partial charge in [-0.05, 0) is 37.0 Å². The lowest BCUT2D eigenvalue weighted by Crippen LogP contribution is -2.45. The van der Waals surface area contributed by atoms with Crippen LogP contribution in [0, 0.1) is 12.8 Å². The molecule has 1 aliphatic carbocycles. The largest absolute Gasteiger partial charge is 0.393 e. The highest BCUT2D eigenvalue weighted by Crippen LogP contribution is 2.37. The predicted octanol–water partition coefficient (Wildman–Crippen LogP) is 3.60. The Hall–Kier alpha value is -1.10. The van der Waals surface area contributed by atoms with E-state index in [1.54, 1.807) is 12.4 Å². The highest BCUT2D eigenvalue weighted by Gasteiger charge is 2.45. The molecule has 1 N–H and O–H groups in total. The third kappa shape index (κ3) is 3.69. The Morgan fingerprint density at radius 3 is 2.74 bits per heavy atom. The number of aryl methyl sites for hydroxylation is 1. The summed E-state index contributed by atoms with van der Waals surface area (Å²) >= 11 is 0. The number of aromatic nitrogens is 1. The fourth-order valence-electron chi connectivity index (χ4n) is 2.69. The second-order valence-electron chi connectivity index (χ2n) is 5.22. The van der Waals surface area contributed by atoms with E-state index in [-0.39, 0.29) is 6.42 Å². The molecular weight excluding hydrogens is 253 g/mol. The van der Waals surface area contributed by atoms with Crippen LogP contribution in [-0.4, -0.2) is 17.2 Å². The summed E-state index contributed by atoms with van der Waals surface area (Å²) < 4.78 is 38.8. The van der Waals surface area contributed by atoms with Gasteiger partial charge in [-0.15, -0.1) is 0 Å². The molecule has 106 valence electrons. The smallest absolute Gasteiger partial charge is 0.309 e. The number of halogens is 3. The molecule has 1 aliphatic rings. The van der Waals surface area contributed by atoms with Crippen LogP contribution in [0.1, 0.15) is 36.8 Å². The number of nitrogens with one attached hydrogen (secondary N) is 1. The topological polar surface area (TPSA) is 24.9 Å². The fourth-order valence-corrected chi connectivity index (χ4v) is 2.69. The van der Waals surface area contributed by atoms with Gasteiger partial charge < -0.3 is 5.32 Å². The van der Waals surface area contributed by atoms with Crippen LogP contribution in [0.2, 0.25) is 0 Å². The first-order chi connectivity index (χ1) is 8.98. The number of rotatable bonds is 3. The standard InChI is InChI=1S/C14H19F3N2/c1-10-6-7-18-8-11(10)9-19-13-5-3-2-4-12(13)14(15,16)17/h6-8,12-13,19H,2-5,9H2,1H3. The van der Waals surface area contributed by atoms with Crippen molar-refractivity contribution in [3.05, 3.63) is 29.6 Å². The summed E-state index contributed by atoms with van der Waals surface area (Å²) in [7, 11) is 0. The maximum Gasteiger partial charge on any atom is 0.393 e. The van der Waals surface area contributed by atoms with E-state index in [4.69, 9.17) is 0 Å². The van der Waals surface area contributed by atoms with E-state index in [0.29, 0.717) is 19.4 Å². The summed E-state index contributed by atoms with van der Waals surface area (Å²) in [6.07, 6.45) is 1.70. The molecule has 0 radical (unpaired) electrons. The SMILES string of the molecule is Cc1ccncc1CNC1CCCCC1C(F)(F)F. The molecular formula is C14H19F3N2. The predicted molar refractivity (Wildman–Crippen MR) is 67.6 cm³/mol. The second-order valence-corrected chi connectivity index (χ2v) is 5.22.